The molecule has 84 valence electrons. The zero-order valence-corrected chi connectivity index (χ0v) is 11.1. The van der Waals surface area contributed by atoms with E-state index >= 15 is 0 Å². The number of nitrogen functional groups attached to an aromatic ring is 1. The van der Waals surface area contributed by atoms with Crippen molar-refractivity contribution in [3.8, 4) is 11.3 Å². The predicted octanol–water partition coefficient (Wildman–Crippen LogP) is 3.57. The summed E-state index contributed by atoms with van der Waals surface area (Å²) in [5.41, 5.74) is 7.74. The third kappa shape index (κ3) is 1.95. The van der Waals surface area contributed by atoms with Crippen molar-refractivity contribution in [2.75, 3.05) is 5.73 Å². The molecule has 0 fully saturated rings. The molecule has 1 aromatic carbocycles. The van der Waals surface area contributed by atoms with Crippen molar-refractivity contribution < 1.29 is 0 Å². The Morgan fingerprint density at radius 1 is 1.50 bits per heavy atom. The maximum absolute atomic E-state index is 5.99. The van der Waals surface area contributed by atoms with Crippen molar-refractivity contribution >= 4 is 33.3 Å². The van der Waals surface area contributed by atoms with Crippen LogP contribution in [0.3, 0.4) is 0 Å². The lowest BCUT2D eigenvalue weighted by atomic mass is 10.1. The van der Waals surface area contributed by atoms with Crippen LogP contribution < -0.4 is 5.73 Å². The molecule has 3 nitrogen and oxygen atoms in total. The van der Waals surface area contributed by atoms with Gasteiger partial charge in [-0.1, -0.05) is 17.7 Å². The van der Waals surface area contributed by atoms with Crippen molar-refractivity contribution in [2.24, 2.45) is 0 Å². The summed E-state index contributed by atoms with van der Waals surface area (Å²) in [6.45, 7) is 2.84. The number of halogens is 2. The molecule has 2 aromatic rings. The molecular weight excluding hydrogens is 289 g/mol. The molecule has 0 bridgehead atoms. The maximum Gasteiger partial charge on any atom is 0.131 e. The van der Waals surface area contributed by atoms with Gasteiger partial charge in [0.2, 0.25) is 0 Å². The minimum absolute atomic E-state index is 0.678. The number of aryl methyl sites for hydroxylation is 1. The van der Waals surface area contributed by atoms with Gasteiger partial charge in [0.05, 0.1) is 11.3 Å². The third-order valence-electron chi connectivity index (χ3n) is 2.41. The van der Waals surface area contributed by atoms with Crippen LogP contribution in [-0.4, -0.2) is 9.55 Å². The Morgan fingerprint density at radius 3 is 2.81 bits per heavy atom. The molecule has 0 aliphatic heterocycles. The highest BCUT2D eigenvalue weighted by Gasteiger charge is 2.10. The topological polar surface area (TPSA) is 43.8 Å². The van der Waals surface area contributed by atoms with Crippen LogP contribution in [0.2, 0.25) is 5.02 Å². The molecule has 0 saturated carbocycles. The normalized spacial score (nSPS) is 10.7. The molecule has 0 radical (unpaired) electrons. The third-order valence-corrected chi connectivity index (χ3v) is 3.63. The Labute approximate surface area is 107 Å². The van der Waals surface area contributed by atoms with Gasteiger partial charge in [0.25, 0.3) is 0 Å². The van der Waals surface area contributed by atoms with E-state index in [2.05, 4.69) is 20.9 Å². The highest BCUT2D eigenvalue weighted by Crippen LogP contribution is 2.30. The number of benzene rings is 1. The van der Waals surface area contributed by atoms with Gasteiger partial charge in [-0.2, -0.15) is 0 Å². The van der Waals surface area contributed by atoms with E-state index in [1.54, 1.807) is 6.33 Å². The van der Waals surface area contributed by atoms with Gasteiger partial charge in [0.15, 0.2) is 0 Å². The molecule has 0 unspecified atom stereocenters. The van der Waals surface area contributed by atoms with Crippen LogP contribution in [0.1, 0.15) is 6.92 Å². The zero-order chi connectivity index (χ0) is 11.7. The standard InChI is InChI=1S/C11H11BrClN3/c1-2-16-6-15-10(11(16)14)7-3-4-9(13)8(12)5-7/h3-6H,2,14H2,1H3. The molecule has 0 saturated heterocycles. The van der Waals surface area contributed by atoms with Gasteiger partial charge in [-0.3, -0.25) is 0 Å². The fourth-order valence-electron chi connectivity index (χ4n) is 1.51. The van der Waals surface area contributed by atoms with Gasteiger partial charge in [0.1, 0.15) is 11.5 Å². The monoisotopic (exact) mass is 299 g/mol. The predicted molar refractivity (Wildman–Crippen MR) is 70.5 cm³/mol. The summed E-state index contributed by atoms with van der Waals surface area (Å²) >= 11 is 9.32. The van der Waals surface area contributed by atoms with E-state index < -0.39 is 0 Å². The quantitative estimate of drug-likeness (QED) is 0.921. The van der Waals surface area contributed by atoms with E-state index in [1.165, 1.54) is 0 Å². The lowest BCUT2D eigenvalue weighted by Crippen LogP contribution is -1.99. The number of hydrogen-bond acceptors (Lipinski definition) is 2. The van der Waals surface area contributed by atoms with Crippen LogP contribution in [0.25, 0.3) is 11.3 Å². The van der Waals surface area contributed by atoms with Crippen molar-refractivity contribution in [1.82, 2.24) is 9.55 Å². The summed E-state index contributed by atoms with van der Waals surface area (Å²) in [7, 11) is 0. The fourth-order valence-corrected chi connectivity index (χ4v) is 2.01. The van der Waals surface area contributed by atoms with Gasteiger partial charge < -0.3 is 10.3 Å². The first kappa shape index (κ1) is 11.5. The van der Waals surface area contributed by atoms with Gasteiger partial charge in [-0.15, -0.1) is 0 Å². The molecule has 2 rings (SSSR count). The van der Waals surface area contributed by atoms with Crippen molar-refractivity contribution in [1.29, 1.82) is 0 Å². The molecule has 0 amide bonds. The van der Waals surface area contributed by atoms with E-state index in [0.717, 1.165) is 22.3 Å². The number of hydrogen-bond donors (Lipinski definition) is 1. The number of nitrogens with two attached hydrogens (primary N) is 1. The number of rotatable bonds is 2. The second-order valence-corrected chi connectivity index (χ2v) is 4.65. The zero-order valence-electron chi connectivity index (χ0n) is 8.74. The summed E-state index contributed by atoms with van der Waals surface area (Å²) in [5.74, 6) is 0.678. The summed E-state index contributed by atoms with van der Waals surface area (Å²) in [5, 5.41) is 0.678. The van der Waals surface area contributed by atoms with Crippen LogP contribution in [0.5, 0.6) is 0 Å². The minimum atomic E-state index is 0.678. The van der Waals surface area contributed by atoms with Crippen LogP contribution in [0.15, 0.2) is 29.0 Å². The molecule has 1 aromatic heterocycles. The van der Waals surface area contributed by atoms with Crippen LogP contribution in [0, 0.1) is 0 Å². The molecular formula is C11H11BrClN3. The molecule has 2 N–H and O–H groups in total. The minimum Gasteiger partial charge on any atom is -0.383 e. The second-order valence-electron chi connectivity index (χ2n) is 3.39. The first-order valence-electron chi connectivity index (χ1n) is 4.89. The average Bonchev–Trinajstić information content (AvgIpc) is 2.64. The van der Waals surface area contributed by atoms with E-state index in [0.29, 0.717) is 10.8 Å². The van der Waals surface area contributed by atoms with E-state index in [1.807, 2.05) is 29.7 Å². The van der Waals surface area contributed by atoms with Crippen LogP contribution in [0.4, 0.5) is 5.82 Å². The maximum atomic E-state index is 5.99. The SMILES string of the molecule is CCn1cnc(-c2ccc(Cl)c(Br)c2)c1N. The summed E-state index contributed by atoms with van der Waals surface area (Å²) in [6, 6.07) is 5.65. The Kier molecular flexibility index (Phi) is 3.21. The van der Waals surface area contributed by atoms with Gasteiger partial charge in [-0.25, -0.2) is 4.98 Å². The van der Waals surface area contributed by atoms with Crippen molar-refractivity contribution in [2.45, 2.75) is 13.5 Å². The number of nitrogens with zero attached hydrogens (tertiary/aromatic N) is 2. The molecule has 16 heavy (non-hydrogen) atoms. The first-order valence-corrected chi connectivity index (χ1v) is 6.06. The Morgan fingerprint density at radius 2 is 2.25 bits per heavy atom. The van der Waals surface area contributed by atoms with E-state index in [-0.39, 0.29) is 0 Å². The Hall–Kier alpha value is -1.00. The van der Waals surface area contributed by atoms with Gasteiger partial charge in [0, 0.05) is 16.6 Å². The summed E-state index contributed by atoms with van der Waals surface area (Å²) < 4.78 is 2.75. The lowest BCUT2D eigenvalue weighted by Gasteiger charge is -2.03. The molecule has 0 aliphatic rings. The Bertz CT molecular complexity index is 522. The van der Waals surface area contributed by atoms with Gasteiger partial charge in [-0.05, 0) is 35.0 Å². The lowest BCUT2D eigenvalue weighted by molar-refractivity contribution is 0.771. The molecule has 1 heterocycles. The van der Waals surface area contributed by atoms with Crippen LogP contribution >= 0.6 is 27.5 Å². The fraction of sp³-hybridized carbons (Fsp3) is 0.182. The number of aromatic nitrogens is 2. The molecule has 0 atom stereocenters. The van der Waals surface area contributed by atoms with Crippen LogP contribution in [-0.2, 0) is 6.54 Å². The van der Waals surface area contributed by atoms with Gasteiger partial charge >= 0.3 is 0 Å². The average molecular weight is 301 g/mol. The molecule has 5 heteroatoms. The second kappa shape index (κ2) is 4.47. The largest absolute Gasteiger partial charge is 0.383 e. The highest BCUT2D eigenvalue weighted by molar-refractivity contribution is 9.10. The van der Waals surface area contributed by atoms with Crippen molar-refractivity contribution in [3.05, 3.63) is 34.0 Å². The summed E-state index contributed by atoms with van der Waals surface area (Å²) in [4.78, 5) is 4.30. The summed E-state index contributed by atoms with van der Waals surface area (Å²) in [6.07, 6.45) is 1.74. The molecule has 0 spiro atoms. The number of imidazole rings is 1. The highest BCUT2D eigenvalue weighted by atomic mass is 79.9. The van der Waals surface area contributed by atoms with E-state index in [9.17, 15) is 0 Å². The van der Waals surface area contributed by atoms with E-state index in [4.69, 9.17) is 17.3 Å². The number of anilines is 1. The van der Waals surface area contributed by atoms with Crippen molar-refractivity contribution in [3.63, 3.8) is 0 Å². The first-order chi connectivity index (χ1) is 7.63. The smallest absolute Gasteiger partial charge is 0.131 e. The molecule has 0 aliphatic carbocycles. The Balaban J connectivity index is 2.50.